The van der Waals surface area contributed by atoms with Gasteiger partial charge in [0.1, 0.15) is 0 Å². The van der Waals surface area contributed by atoms with E-state index >= 15 is 0 Å². The third-order valence-corrected chi connectivity index (χ3v) is 5.80. The van der Waals surface area contributed by atoms with Crippen molar-refractivity contribution in [3.05, 3.63) is 35.4 Å². The molecule has 2 atom stereocenters. The molecule has 1 saturated carbocycles. The number of carbonyl (C=O) groups is 1. The number of hydrogen-bond donors (Lipinski definition) is 0. The number of hydrogen-bond acceptors (Lipinski definition) is 3. The van der Waals surface area contributed by atoms with Gasteiger partial charge in [0.25, 0.3) is 0 Å². The van der Waals surface area contributed by atoms with Gasteiger partial charge in [0.2, 0.25) is 5.91 Å². The summed E-state index contributed by atoms with van der Waals surface area (Å²) in [6.07, 6.45) is 10.2. The molecule has 2 saturated heterocycles. The molecular formula is C21H27NO3. The van der Waals surface area contributed by atoms with E-state index in [-0.39, 0.29) is 5.91 Å². The van der Waals surface area contributed by atoms with E-state index in [1.807, 2.05) is 18.2 Å². The number of fused-ring (bicyclic) bond motifs is 2. The number of amides is 1. The van der Waals surface area contributed by atoms with Crippen LogP contribution >= 0.6 is 0 Å². The number of carbonyl (C=O) groups excluding carboxylic acids is 1. The van der Waals surface area contributed by atoms with E-state index in [1.54, 1.807) is 19.8 Å². The SMILES string of the molecule is COc1ccc(CC(=O)N2C3CCC2CC(=CC2CC2)C3)cc1OC. The zero-order valence-electron chi connectivity index (χ0n) is 15.2. The van der Waals surface area contributed by atoms with Gasteiger partial charge in [0.05, 0.1) is 20.6 Å². The summed E-state index contributed by atoms with van der Waals surface area (Å²) < 4.78 is 10.6. The van der Waals surface area contributed by atoms with Crippen LogP contribution in [0, 0.1) is 5.92 Å². The molecular weight excluding hydrogens is 314 g/mol. The first-order valence-corrected chi connectivity index (χ1v) is 9.39. The Morgan fingerprint density at radius 3 is 2.36 bits per heavy atom. The van der Waals surface area contributed by atoms with Gasteiger partial charge >= 0.3 is 0 Å². The first-order valence-electron chi connectivity index (χ1n) is 9.39. The van der Waals surface area contributed by atoms with Crippen molar-refractivity contribution >= 4 is 5.91 Å². The fourth-order valence-corrected chi connectivity index (χ4v) is 4.45. The Kier molecular flexibility index (Phi) is 4.45. The molecule has 1 aliphatic carbocycles. The minimum atomic E-state index is 0.255. The van der Waals surface area contributed by atoms with Crippen molar-refractivity contribution < 1.29 is 14.3 Å². The Morgan fingerprint density at radius 1 is 1.08 bits per heavy atom. The van der Waals surface area contributed by atoms with Crippen LogP contribution in [0.3, 0.4) is 0 Å². The van der Waals surface area contributed by atoms with E-state index in [2.05, 4.69) is 11.0 Å². The van der Waals surface area contributed by atoms with Crippen LogP contribution in [0.5, 0.6) is 11.5 Å². The van der Waals surface area contributed by atoms with E-state index < -0.39 is 0 Å². The van der Waals surface area contributed by atoms with E-state index in [9.17, 15) is 4.79 Å². The normalized spacial score (nSPS) is 25.0. The summed E-state index contributed by atoms with van der Waals surface area (Å²) in [5.74, 6) is 2.48. The summed E-state index contributed by atoms with van der Waals surface area (Å²) in [6, 6.07) is 6.58. The second kappa shape index (κ2) is 6.74. The molecule has 2 bridgehead atoms. The lowest BCUT2D eigenvalue weighted by atomic mass is 9.94. The van der Waals surface area contributed by atoms with Crippen molar-refractivity contribution in [2.24, 2.45) is 5.92 Å². The van der Waals surface area contributed by atoms with Crippen LogP contribution in [0.1, 0.15) is 44.1 Å². The van der Waals surface area contributed by atoms with E-state index in [4.69, 9.17) is 9.47 Å². The molecule has 4 nitrogen and oxygen atoms in total. The predicted octanol–water partition coefficient (Wildman–Crippen LogP) is 3.74. The third kappa shape index (κ3) is 3.39. The van der Waals surface area contributed by atoms with Crippen molar-refractivity contribution in [1.29, 1.82) is 0 Å². The fourth-order valence-electron chi connectivity index (χ4n) is 4.45. The van der Waals surface area contributed by atoms with Crippen LogP contribution in [0.4, 0.5) is 0 Å². The molecule has 2 unspecified atom stereocenters. The highest BCUT2D eigenvalue weighted by Gasteiger charge is 2.41. The number of allylic oxidation sites excluding steroid dienone is 1. The molecule has 25 heavy (non-hydrogen) atoms. The maximum absolute atomic E-state index is 13.0. The highest BCUT2D eigenvalue weighted by atomic mass is 16.5. The Hall–Kier alpha value is -1.97. The second-order valence-corrected chi connectivity index (χ2v) is 7.62. The Balaban J connectivity index is 1.45. The van der Waals surface area contributed by atoms with Gasteiger partial charge < -0.3 is 14.4 Å². The van der Waals surface area contributed by atoms with E-state index in [0.29, 0.717) is 30.0 Å². The molecule has 2 heterocycles. The van der Waals surface area contributed by atoms with Crippen LogP contribution in [-0.2, 0) is 11.2 Å². The highest BCUT2D eigenvalue weighted by molar-refractivity contribution is 5.80. The molecule has 1 aromatic carbocycles. The summed E-state index contributed by atoms with van der Waals surface area (Å²) in [5.41, 5.74) is 2.59. The molecule has 0 aromatic heterocycles. The molecule has 0 spiro atoms. The Bertz CT molecular complexity index is 676. The number of rotatable bonds is 5. The lowest BCUT2D eigenvalue weighted by Crippen LogP contribution is -2.45. The smallest absolute Gasteiger partial charge is 0.227 e. The highest BCUT2D eigenvalue weighted by Crippen LogP contribution is 2.41. The van der Waals surface area contributed by atoms with Gasteiger partial charge in [-0.1, -0.05) is 17.7 Å². The van der Waals surface area contributed by atoms with Gasteiger partial charge in [-0.3, -0.25) is 4.79 Å². The minimum absolute atomic E-state index is 0.255. The number of piperidine rings is 1. The summed E-state index contributed by atoms with van der Waals surface area (Å²) in [7, 11) is 3.25. The molecule has 1 aromatic rings. The lowest BCUT2D eigenvalue weighted by Gasteiger charge is -2.36. The van der Waals surface area contributed by atoms with Gasteiger partial charge in [-0.15, -0.1) is 0 Å². The molecule has 0 radical (unpaired) electrons. The number of benzene rings is 1. The number of methoxy groups -OCH3 is 2. The van der Waals surface area contributed by atoms with Crippen LogP contribution in [0.25, 0.3) is 0 Å². The predicted molar refractivity (Wildman–Crippen MR) is 96.9 cm³/mol. The second-order valence-electron chi connectivity index (χ2n) is 7.62. The van der Waals surface area contributed by atoms with Gasteiger partial charge in [0.15, 0.2) is 11.5 Å². The lowest BCUT2D eigenvalue weighted by molar-refractivity contribution is -0.134. The first kappa shape index (κ1) is 16.5. The van der Waals surface area contributed by atoms with Crippen LogP contribution < -0.4 is 9.47 Å². The van der Waals surface area contributed by atoms with E-state index in [1.165, 1.54) is 12.8 Å². The minimum Gasteiger partial charge on any atom is -0.493 e. The molecule has 2 aliphatic heterocycles. The van der Waals surface area contributed by atoms with Gasteiger partial charge in [0, 0.05) is 12.1 Å². The van der Waals surface area contributed by atoms with Crippen molar-refractivity contribution in [2.75, 3.05) is 14.2 Å². The molecule has 134 valence electrons. The van der Waals surface area contributed by atoms with Gasteiger partial charge in [-0.25, -0.2) is 0 Å². The zero-order chi connectivity index (χ0) is 17.4. The number of ether oxygens (including phenoxy) is 2. The van der Waals surface area contributed by atoms with Crippen molar-refractivity contribution in [2.45, 2.75) is 57.0 Å². The molecule has 3 aliphatic rings. The fraction of sp³-hybridized carbons (Fsp3) is 0.571. The zero-order valence-corrected chi connectivity index (χ0v) is 15.2. The molecule has 4 heteroatoms. The monoisotopic (exact) mass is 341 g/mol. The molecule has 3 fully saturated rings. The Labute approximate surface area is 149 Å². The van der Waals surface area contributed by atoms with Crippen molar-refractivity contribution in [3.63, 3.8) is 0 Å². The maximum Gasteiger partial charge on any atom is 0.227 e. The van der Waals surface area contributed by atoms with Crippen LogP contribution in [0.15, 0.2) is 29.8 Å². The first-order chi connectivity index (χ1) is 12.2. The molecule has 1 amide bonds. The summed E-state index contributed by atoms with van der Waals surface area (Å²) in [4.78, 5) is 15.1. The molecule has 4 rings (SSSR count). The quantitative estimate of drug-likeness (QED) is 0.766. The van der Waals surface area contributed by atoms with Crippen LogP contribution in [0.2, 0.25) is 0 Å². The Morgan fingerprint density at radius 2 is 1.76 bits per heavy atom. The average molecular weight is 341 g/mol. The molecule has 0 N–H and O–H groups in total. The standard InChI is InChI=1S/C21H27NO3/c1-24-19-8-5-15(12-20(19)25-2)13-21(23)22-17-6-7-18(22)11-16(10-17)9-14-3-4-14/h5,8-9,12,14,17-18H,3-4,6-7,10-11,13H2,1-2H3. The largest absolute Gasteiger partial charge is 0.493 e. The topological polar surface area (TPSA) is 38.8 Å². The van der Waals surface area contributed by atoms with Crippen LogP contribution in [-0.4, -0.2) is 37.1 Å². The van der Waals surface area contributed by atoms with Gasteiger partial charge in [-0.05, 0) is 62.1 Å². The summed E-state index contributed by atoms with van der Waals surface area (Å²) in [6.45, 7) is 0. The number of nitrogens with zero attached hydrogens (tertiary/aromatic N) is 1. The maximum atomic E-state index is 13.0. The van der Waals surface area contributed by atoms with E-state index in [0.717, 1.165) is 37.2 Å². The van der Waals surface area contributed by atoms with Crippen molar-refractivity contribution in [1.82, 2.24) is 4.90 Å². The van der Waals surface area contributed by atoms with Gasteiger partial charge in [-0.2, -0.15) is 0 Å². The summed E-state index contributed by atoms with van der Waals surface area (Å²) in [5, 5.41) is 0. The average Bonchev–Trinajstić information content (AvgIpc) is 3.38. The van der Waals surface area contributed by atoms with Crippen molar-refractivity contribution in [3.8, 4) is 11.5 Å². The third-order valence-electron chi connectivity index (χ3n) is 5.80. The summed E-state index contributed by atoms with van der Waals surface area (Å²) >= 11 is 0.